The summed E-state index contributed by atoms with van der Waals surface area (Å²) in [6.45, 7) is 7.37. The molecule has 0 unspecified atom stereocenters. The van der Waals surface area contributed by atoms with E-state index < -0.39 is 0 Å². The molecule has 70 valence electrons. The Morgan fingerprint density at radius 3 is 1.83 bits per heavy atom. The summed E-state index contributed by atoms with van der Waals surface area (Å²) in [6, 6.07) is 0. The topological polar surface area (TPSA) is 34.1 Å². The lowest BCUT2D eigenvalue weighted by molar-refractivity contribution is -0.132. The monoisotopic (exact) mass is 170 g/mol. The van der Waals surface area contributed by atoms with Gasteiger partial charge >= 0.3 is 0 Å². The highest BCUT2D eigenvalue weighted by Crippen LogP contribution is 2.27. The SMILES string of the molecule is CCC(C)(CC)C(=O)CC(C)=O. The first-order valence-electron chi connectivity index (χ1n) is 4.49. The number of hydrogen-bond donors (Lipinski definition) is 0. The van der Waals surface area contributed by atoms with Crippen molar-refractivity contribution >= 4 is 11.6 Å². The van der Waals surface area contributed by atoms with Crippen molar-refractivity contribution in [3.8, 4) is 0 Å². The van der Waals surface area contributed by atoms with Gasteiger partial charge in [-0.2, -0.15) is 0 Å². The fourth-order valence-electron chi connectivity index (χ4n) is 1.08. The zero-order valence-electron chi connectivity index (χ0n) is 8.44. The predicted octanol–water partition coefficient (Wildman–Crippen LogP) is 2.36. The van der Waals surface area contributed by atoms with Crippen LogP contribution in [0.3, 0.4) is 0 Å². The highest BCUT2D eigenvalue weighted by molar-refractivity contribution is 6.00. The molecule has 0 bridgehead atoms. The molecule has 0 aromatic carbocycles. The zero-order valence-corrected chi connectivity index (χ0v) is 8.44. The molecular formula is C10H18O2. The maximum atomic E-state index is 11.5. The minimum atomic E-state index is -0.286. The summed E-state index contributed by atoms with van der Waals surface area (Å²) in [6.07, 6.45) is 1.73. The molecule has 0 aromatic heterocycles. The summed E-state index contributed by atoms with van der Waals surface area (Å²) in [5.74, 6) is 0.0492. The summed E-state index contributed by atoms with van der Waals surface area (Å²) in [4.78, 5) is 22.2. The van der Waals surface area contributed by atoms with Gasteiger partial charge < -0.3 is 0 Å². The van der Waals surface area contributed by atoms with E-state index in [1.54, 1.807) is 0 Å². The van der Waals surface area contributed by atoms with Gasteiger partial charge in [0.25, 0.3) is 0 Å². The molecule has 0 N–H and O–H groups in total. The highest BCUT2D eigenvalue weighted by atomic mass is 16.1. The summed E-state index contributed by atoms with van der Waals surface area (Å²) >= 11 is 0. The Balaban J connectivity index is 4.32. The van der Waals surface area contributed by atoms with Gasteiger partial charge in [0.05, 0.1) is 6.42 Å². The lowest BCUT2D eigenvalue weighted by atomic mass is 9.79. The average Bonchev–Trinajstić information content (AvgIpc) is 2.02. The van der Waals surface area contributed by atoms with Gasteiger partial charge in [-0.25, -0.2) is 0 Å². The number of ketones is 2. The van der Waals surface area contributed by atoms with Crippen molar-refractivity contribution in [2.45, 2.75) is 47.0 Å². The van der Waals surface area contributed by atoms with Crippen molar-refractivity contribution in [3.63, 3.8) is 0 Å². The molecule has 2 nitrogen and oxygen atoms in total. The smallest absolute Gasteiger partial charge is 0.146 e. The van der Waals surface area contributed by atoms with E-state index >= 15 is 0 Å². The summed E-state index contributed by atoms with van der Waals surface area (Å²) in [7, 11) is 0. The van der Waals surface area contributed by atoms with E-state index in [2.05, 4.69) is 0 Å². The van der Waals surface area contributed by atoms with Crippen LogP contribution in [0.15, 0.2) is 0 Å². The Labute approximate surface area is 74.3 Å². The molecule has 0 saturated heterocycles. The maximum absolute atomic E-state index is 11.5. The van der Waals surface area contributed by atoms with Gasteiger partial charge in [0.1, 0.15) is 11.6 Å². The number of carbonyl (C=O) groups is 2. The number of Topliss-reactive ketones (excluding diaryl/α,β-unsaturated/α-hetero) is 2. The number of hydrogen-bond acceptors (Lipinski definition) is 2. The second-order valence-corrected chi connectivity index (χ2v) is 3.57. The molecule has 0 radical (unpaired) electrons. The lowest BCUT2D eigenvalue weighted by Crippen LogP contribution is -2.27. The molecule has 0 fully saturated rings. The first-order chi connectivity index (χ1) is 5.46. The molecule has 0 atom stereocenters. The van der Waals surface area contributed by atoms with Crippen molar-refractivity contribution < 1.29 is 9.59 Å². The largest absolute Gasteiger partial charge is 0.300 e. The molecule has 2 heteroatoms. The Hall–Kier alpha value is -0.660. The van der Waals surface area contributed by atoms with Crippen molar-refractivity contribution in [1.29, 1.82) is 0 Å². The minimum Gasteiger partial charge on any atom is -0.300 e. The van der Waals surface area contributed by atoms with Gasteiger partial charge in [-0.3, -0.25) is 9.59 Å². The highest BCUT2D eigenvalue weighted by Gasteiger charge is 2.29. The predicted molar refractivity (Wildman–Crippen MR) is 49.0 cm³/mol. The molecule has 0 aliphatic rings. The van der Waals surface area contributed by atoms with Crippen LogP contribution in [0.25, 0.3) is 0 Å². The van der Waals surface area contributed by atoms with E-state index in [-0.39, 0.29) is 23.4 Å². The number of carbonyl (C=O) groups excluding carboxylic acids is 2. The van der Waals surface area contributed by atoms with Crippen LogP contribution in [-0.4, -0.2) is 11.6 Å². The molecule has 0 aliphatic heterocycles. The van der Waals surface area contributed by atoms with Crippen LogP contribution in [-0.2, 0) is 9.59 Å². The first kappa shape index (κ1) is 11.3. The van der Waals surface area contributed by atoms with Crippen LogP contribution in [0.5, 0.6) is 0 Å². The Bertz CT molecular complexity index is 178. The molecular weight excluding hydrogens is 152 g/mol. The zero-order chi connectivity index (χ0) is 9.78. The Kier molecular flexibility index (Phi) is 4.15. The van der Waals surface area contributed by atoms with Gasteiger partial charge in [-0.1, -0.05) is 20.8 Å². The van der Waals surface area contributed by atoms with Crippen molar-refractivity contribution in [3.05, 3.63) is 0 Å². The summed E-state index contributed by atoms with van der Waals surface area (Å²) in [5.41, 5.74) is -0.286. The average molecular weight is 170 g/mol. The standard InChI is InChI=1S/C10H18O2/c1-5-10(4,6-2)9(12)7-8(3)11/h5-7H2,1-4H3. The second-order valence-electron chi connectivity index (χ2n) is 3.57. The molecule has 0 amide bonds. The summed E-state index contributed by atoms with van der Waals surface area (Å²) in [5, 5.41) is 0. The third kappa shape index (κ3) is 2.76. The normalized spacial score (nSPS) is 11.3. The first-order valence-corrected chi connectivity index (χ1v) is 4.49. The number of rotatable bonds is 5. The molecule has 0 saturated carbocycles. The lowest BCUT2D eigenvalue weighted by Gasteiger charge is -2.24. The molecule has 0 heterocycles. The van der Waals surface area contributed by atoms with Crippen molar-refractivity contribution in [1.82, 2.24) is 0 Å². The van der Waals surface area contributed by atoms with Gasteiger partial charge in [0.15, 0.2) is 0 Å². The van der Waals surface area contributed by atoms with Crippen LogP contribution in [0.2, 0.25) is 0 Å². The van der Waals surface area contributed by atoms with E-state index in [1.807, 2.05) is 20.8 Å². The summed E-state index contributed by atoms with van der Waals surface area (Å²) < 4.78 is 0. The quantitative estimate of drug-likeness (QED) is 0.593. The van der Waals surface area contributed by atoms with Crippen molar-refractivity contribution in [2.24, 2.45) is 5.41 Å². The van der Waals surface area contributed by atoms with Crippen molar-refractivity contribution in [2.75, 3.05) is 0 Å². The fourth-order valence-corrected chi connectivity index (χ4v) is 1.08. The van der Waals surface area contributed by atoms with Crippen LogP contribution >= 0.6 is 0 Å². The van der Waals surface area contributed by atoms with Gasteiger partial charge in [0, 0.05) is 5.41 Å². The van der Waals surface area contributed by atoms with E-state index in [0.717, 1.165) is 12.8 Å². The van der Waals surface area contributed by atoms with Crippen LogP contribution < -0.4 is 0 Å². The molecule has 0 aromatic rings. The Morgan fingerprint density at radius 2 is 1.58 bits per heavy atom. The van der Waals surface area contributed by atoms with E-state index in [0.29, 0.717) is 0 Å². The van der Waals surface area contributed by atoms with Crippen LogP contribution in [0.4, 0.5) is 0 Å². The van der Waals surface area contributed by atoms with Crippen LogP contribution in [0, 0.1) is 5.41 Å². The molecule has 12 heavy (non-hydrogen) atoms. The second kappa shape index (κ2) is 4.39. The van der Waals surface area contributed by atoms with E-state index in [1.165, 1.54) is 6.92 Å². The van der Waals surface area contributed by atoms with E-state index in [4.69, 9.17) is 0 Å². The van der Waals surface area contributed by atoms with E-state index in [9.17, 15) is 9.59 Å². The molecule has 0 rings (SSSR count). The van der Waals surface area contributed by atoms with Gasteiger partial charge in [0.2, 0.25) is 0 Å². The fraction of sp³-hybridized carbons (Fsp3) is 0.800. The van der Waals surface area contributed by atoms with Crippen LogP contribution in [0.1, 0.15) is 47.0 Å². The maximum Gasteiger partial charge on any atom is 0.146 e. The third-order valence-corrected chi connectivity index (χ3v) is 2.64. The third-order valence-electron chi connectivity index (χ3n) is 2.64. The molecule has 0 spiro atoms. The van der Waals surface area contributed by atoms with Gasteiger partial charge in [-0.15, -0.1) is 0 Å². The molecule has 0 aliphatic carbocycles. The van der Waals surface area contributed by atoms with Gasteiger partial charge in [-0.05, 0) is 19.8 Å². The minimum absolute atomic E-state index is 0.0341. The Morgan fingerprint density at radius 1 is 1.17 bits per heavy atom.